The molecule has 0 aliphatic heterocycles. The molecule has 0 aliphatic carbocycles. The molecule has 0 aromatic carbocycles. The van der Waals surface area contributed by atoms with Gasteiger partial charge in [-0.15, -0.1) is 0 Å². The van der Waals surface area contributed by atoms with E-state index in [-0.39, 0.29) is 17.4 Å². The summed E-state index contributed by atoms with van der Waals surface area (Å²) in [4.78, 5) is 0. The van der Waals surface area contributed by atoms with Crippen LogP contribution in [0.1, 0.15) is 41.5 Å². The molecule has 0 radical (unpaired) electrons. The predicted octanol–water partition coefficient (Wildman–Crippen LogP) is 3.24. The summed E-state index contributed by atoms with van der Waals surface area (Å²) >= 11 is 0. The first kappa shape index (κ1) is 12.7. The zero-order valence-electron chi connectivity index (χ0n) is 9.89. The van der Waals surface area contributed by atoms with Gasteiger partial charge in [-0.05, 0) is 18.3 Å². The van der Waals surface area contributed by atoms with Gasteiger partial charge in [0.2, 0.25) is 0 Å². The largest absolute Gasteiger partial charge is 0.393 e. The summed E-state index contributed by atoms with van der Waals surface area (Å²) in [6, 6.07) is 0. The average Bonchev–Trinajstić information content (AvgIpc) is 1.98. The Morgan fingerprint density at radius 2 is 1.54 bits per heavy atom. The molecule has 1 nitrogen and oxygen atoms in total. The Bertz CT molecular complexity index is 174. The van der Waals surface area contributed by atoms with Crippen LogP contribution in [0.5, 0.6) is 0 Å². The molecule has 0 aliphatic rings. The van der Waals surface area contributed by atoms with E-state index in [1.807, 2.05) is 13.8 Å². The van der Waals surface area contributed by atoms with Crippen molar-refractivity contribution < 1.29 is 5.11 Å². The first-order chi connectivity index (χ1) is 5.68. The zero-order chi connectivity index (χ0) is 10.8. The van der Waals surface area contributed by atoms with Gasteiger partial charge >= 0.3 is 0 Å². The quantitative estimate of drug-likeness (QED) is 0.668. The van der Waals surface area contributed by atoms with Crippen LogP contribution in [0.3, 0.4) is 0 Å². The maximum atomic E-state index is 9.45. The minimum absolute atomic E-state index is 0.189. The summed E-state index contributed by atoms with van der Waals surface area (Å²) in [5.74, 6) is 0.631. The van der Waals surface area contributed by atoms with Gasteiger partial charge in [0.05, 0.1) is 6.10 Å². The normalized spacial score (nSPS) is 19.3. The third-order valence-electron chi connectivity index (χ3n) is 3.16. The van der Waals surface area contributed by atoms with Crippen LogP contribution in [0.4, 0.5) is 0 Å². The Morgan fingerprint density at radius 1 is 1.15 bits per heavy atom. The molecule has 13 heavy (non-hydrogen) atoms. The molecule has 78 valence electrons. The Morgan fingerprint density at radius 3 is 1.77 bits per heavy atom. The molecule has 0 unspecified atom stereocenters. The summed E-state index contributed by atoms with van der Waals surface area (Å²) in [5.41, 5.74) is 1.39. The topological polar surface area (TPSA) is 20.2 Å². The monoisotopic (exact) mass is 184 g/mol. The molecule has 0 heterocycles. The Kier molecular flexibility index (Phi) is 4.18. The molecule has 0 aromatic heterocycles. The van der Waals surface area contributed by atoms with E-state index >= 15 is 0 Å². The van der Waals surface area contributed by atoms with E-state index in [1.54, 1.807) is 0 Å². The van der Waals surface area contributed by atoms with Crippen molar-refractivity contribution in [3.63, 3.8) is 0 Å². The zero-order valence-corrected chi connectivity index (χ0v) is 9.89. The fourth-order valence-corrected chi connectivity index (χ4v) is 1.26. The van der Waals surface area contributed by atoms with Crippen molar-refractivity contribution in [3.05, 3.63) is 12.2 Å². The van der Waals surface area contributed by atoms with Crippen molar-refractivity contribution in [1.82, 2.24) is 0 Å². The van der Waals surface area contributed by atoms with Gasteiger partial charge in [0.1, 0.15) is 0 Å². The van der Waals surface area contributed by atoms with Crippen molar-refractivity contribution >= 4 is 0 Å². The van der Waals surface area contributed by atoms with Gasteiger partial charge in [-0.25, -0.2) is 0 Å². The lowest BCUT2D eigenvalue weighted by atomic mass is 9.73. The van der Waals surface area contributed by atoms with Crippen LogP contribution in [-0.4, -0.2) is 11.2 Å². The molecule has 0 aromatic rings. The molecule has 1 heteroatoms. The number of hydrogen-bond acceptors (Lipinski definition) is 1. The van der Waals surface area contributed by atoms with Crippen molar-refractivity contribution in [2.24, 2.45) is 17.3 Å². The van der Waals surface area contributed by atoms with Crippen LogP contribution in [-0.2, 0) is 0 Å². The maximum absolute atomic E-state index is 9.45. The first-order valence-electron chi connectivity index (χ1n) is 5.04. The number of aliphatic hydroxyl groups excluding tert-OH is 1. The second-order valence-corrected chi connectivity index (χ2v) is 5.19. The highest BCUT2D eigenvalue weighted by atomic mass is 16.3. The van der Waals surface area contributed by atoms with Crippen molar-refractivity contribution in [2.75, 3.05) is 0 Å². The first-order valence-corrected chi connectivity index (χ1v) is 5.04. The Balaban J connectivity index is 4.44. The fourth-order valence-electron chi connectivity index (χ4n) is 1.26. The summed E-state index contributed by atoms with van der Waals surface area (Å²) in [7, 11) is 0. The van der Waals surface area contributed by atoms with Crippen LogP contribution in [0.25, 0.3) is 0 Å². The van der Waals surface area contributed by atoms with E-state index < -0.39 is 0 Å². The van der Waals surface area contributed by atoms with E-state index in [0.29, 0.717) is 5.92 Å². The van der Waals surface area contributed by atoms with E-state index in [0.717, 1.165) is 5.57 Å². The van der Waals surface area contributed by atoms with Crippen LogP contribution in [0, 0.1) is 17.3 Å². The fraction of sp³-hybridized carbons (Fsp3) is 0.833. The summed E-state index contributed by atoms with van der Waals surface area (Å²) in [6.07, 6.45) is -0.294. The minimum Gasteiger partial charge on any atom is -0.393 e. The molecule has 1 N–H and O–H groups in total. The molecular weight excluding hydrogens is 160 g/mol. The smallest absolute Gasteiger partial charge is 0.0574 e. The van der Waals surface area contributed by atoms with Gasteiger partial charge < -0.3 is 5.11 Å². The van der Waals surface area contributed by atoms with Crippen molar-refractivity contribution in [3.8, 4) is 0 Å². The molecule has 0 fully saturated rings. The van der Waals surface area contributed by atoms with Crippen LogP contribution in [0.15, 0.2) is 12.2 Å². The highest BCUT2D eigenvalue weighted by Crippen LogP contribution is 2.34. The van der Waals surface area contributed by atoms with Gasteiger partial charge in [-0.3, -0.25) is 0 Å². The van der Waals surface area contributed by atoms with E-state index in [9.17, 15) is 5.11 Å². The molecule has 0 spiro atoms. The van der Waals surface area contributed by atoms with Gasteiger partial charge in [0, 0.05) is 5.92 Å². The van der Waals surface area contributed by atoms with Crippen LogP contribution >= 0.6 is 0 Å². The lowest BCUT2D eigenvalue weighted by Gasteiger charge is -2.33. The van der Waals surface area contributed by atoms with Crippen LogP contribution in [0.2, 0.25) is 0 Å². The summed E-state index contributed by atoms with van der Waals surface area (Å²) in [6.45, 7) is 16.7. The standard InChI is InChI=1S/C12H24O/c1-8(9(2)11(4)13)10(3)12(5,6)7/h9-11,13H,1H2,2-7H3/t9-,10-,11-/m1/s1. The van der Waals surface area contributed by atoms with E-state index in [4.69, 9.17) is 0 Å². The minimum atomic E-state index is -0.294. The lowest BCUT2D eigenvalue weighted by Crippen LogP contribution is -2.26. The Labute approximate surface area is 82.9 Å². The van der Waals surface area contributed by atoms with Gasteiger partial charge in [0.25, 0.3) is 0 Å². The van der Waals surface area contributed by atoms with Crippen LogP contribution < -0.4 is 0 Å². The highest BCUT2D eigenvalue weighted by molar-refractivity contribution is 5.08. The van der Waals surface area contributed by atoms with Gasteiger partial charge in [0.15, 0.2) is 0 Å². The second kappa shape index (κ2) is 4.28. The molecule has 0 rings (SSSR count). The van der Waals surface area contributed by atoms with Crippen molar-refractivity contribution in [2.45, 2.75) is 47.6 Å². The van der Waals surface area contributed by atoms with Gasteiger partial charge in [-0.1, -0.05) is 46.8 Å². The van der Waals surface area contributed by atoms with Gasteiger partial charge in [-0.2, -0.15) is 0 Å². The Hall–Kier alpha value is -0.300. The van der Waals surface area contributed by atoms with E-state index in [1.165, 1.54) is 0 Å². The molecule has 3 atom stereocenters. The lowest BCUT2D eigenvalue weighted by molar-refractivity contribution is 0.138. The predicted molar refractivity (Wildman–Crippen MR) is 58.6 cm³/mol. The van der Waals surface area contributed by atoms with E-state index in [2.05, 4.69) is 34.3 Å². The maximum Gasteiger partial charge on any atom is 0.0574 e. The number of rotatable bonds is 3. The molecular formula is C12H24O. The SMILES string of the molecule is C=C([C@@H](C)[C@@H](C)O)[C@@H](C)C(C)(C)C. The third-order valence-corrected chi connectivity index (χ3v) is 3.16. The number of aliphatic hydroxyl groups is 1. The molecule has 0 saturated carbocycles. The third kappa shape index (κ3) is 3.51. The highest BCUT2D eigenvalue weighted by Gasteiger charge is 2.26. The summed E-state index contributed by atoms with van der Waals surface area (Å²) < 4.78 is 0. The molecule has 0 saturated heterocycles. The molecule has 0 amide bonds. The average molecular weight is 184 g/mol. The van der Waals surface area contributed by atoms with Crippen molar-refractivity contribution in [1.29, 1.82) is 0 Å². The number of hydrogen-bond donors (Lipinski definition) is 1. The summed E-state index contributed by atoms with van der Waals surface area (Å²) in [5, 5.41) is 9.45. The molecule has 0 bridgehead atoms. The second-order valence-electron chi connectivity index (χ2n) is 5.19.